The van der Waals surface area contributed by atoms with Gasteiger partial charge in [0, 0.05) is 0 Å². The summed E-state index contributed by atoms with van der Waals surface area (Å²) in [6, 6.07) is 13.8. The molecule has 0 saturated heterocycles. The number of benzene rings is 2. The first-order valence-corrected chi connectivity index (χ1v) is 8.89. The highest BCUT2D eigenvalue weighted by Gasteiger charge is 2.20. The van der Waals surface area contributed by atoms with Crippen molar-refractivity contribution < 1.29 is 0 Å². The first-order chi connectivity index (χ1) is 12.1. The Balaban J connectivity index is 2.38. The molecule has 0 radical (unpaired) electrons. The number of fused-ring (bicyclic) bond motifs is 1. The molecule has 25 heavy (non-hydrogen) atoms. The van der Waals surface area contributed by atoms with Crippen molar-refractivity contribution >= 4 is 10.9 Å². The lowest BCUT2D eigenvalue weighted by molar-refractivity contribution is 0.498. The highest BCUT2D eigenvalue weighted by molar-refractivity contribution is 5.78. The normalized spacial score (nSPS) is 12.5. The second kappa shape index (κ2) is 7.19. The zero-order valence-electron chi connectivity index (χ0n) is 15.3. The molecule has 0 unspecified atom stereocenters. The van der Waals surface area contributed by atoms with Gasteiger partial charge in [0.1, 0.15) is 5.82 Å². The smallest absolute Gasteiger partial charge is 0.266 e. The second-order valence-corrected chi connectivity index (χ2v) is 6.44. The van der Waals surface area contributed by atoms with Crippen LogP contribution in [-0.4, -0.2) is 16.1 Å². The third-order valence-corrected chi connectivity index (χ3v) is 4.57. The van der Waals surface area contributed by atoms with E-state index in [0.717, 1.165) is 35.6 Å². The quantitative estimate of drug-likeness (QED) is 0.765. The molecule has 1 atom stereocenters. The van der Waals surface area contributed by atoms with E-state index < -0.39 is 0 Å². The molecule has 130 valence electrons. The van der Waals surface area contributed by atoms with Gasteiger partial charge in [-0.1, -0.05) is 43.7 Å². The van der Waals surface area contributed by atoms with Gasteiger partial charge in [-0.15, -0.1) is 0 Å². The first-order valence-electron chi connectivity index (χ1n) is 8.89. The van der Waals surface area contributed by atoms with Crippen molar-refractivity contribution in [3.8, 4) is 5.69 Å². The monoisotopic (exact) mass is 335 g/mol. The minimum absolute atomic E-state index is 0.0103. The van der Waals surface area contributed by atoms with Crippen LogP contribution in [-0.2, 0) is 0 Å². The summed E-state index contributed by atoms with van der Waals surface area (Å²) in [4.78, 5) is 18.2. The van der Waals surface area contributed by atoms with Crippen molar-refractivity contribution in [1.29, 1.82) is 0 Å². The highest BCUT2D eigenvalue weighted by atomic mass is 16.1. The molecule has 0 aliphatic heterocycles. The number of aryl methyl sites for hydroxylation is 2. The number of para-hydroxylation sites is 1. The number of nitrogens with one attached hydrogen (secondary N) is 1. The number of nitrogens with zero attached hydrogens (tertiary/aromatic N) is 2. The van der Waals surface area contributed by atoms with Crippen molar-refractivity contribution in [2.24, 2.45) is 0 Å². The first kappa shape index (κ1) is 17.4. The van der Waals surface area contributed by atoms with Gasteiger partial charge in [-0.3, -0.25) is 9.36 Å². The molecule has 0 fully saturated rings. The van der Waals surface area contributed by atoms with E-state index in [1.165, 1.54) is 5.56 Å². The van der Waals surface area contributed by atoms with Crippen molar-refractivity contribution in [3.05, 3.63) is 69.8 Å². The fourth-order valence-electron chi connectivity index (χ4n) is 3.34. The Kier molecular flexibility index (Phi) is 5.00. The summed E-state index contributed by atoms with van der Waals surface area (Å²) in [6.45, 7) is 9.12. The Morgan fingerprint density at radius 3 is 2.56 bits per heavy atom. The van der Waals surface area contributed by atoms with E-state index in [4.69, 9.17) is 4.98 Å². The second-order valence-electron chi connectivity index (χ2n) is 6.44. The summed E-state index contributed by atoms with van der Waals surface area (Å²) in [5.74, 6) is 0.778. The van der Waals surface area contributed by atoms with E-state index in [1.54, 1.807) is 4.57 Å². The van der Waals surface area contributed by atoms with Gasteiger partial charge in [0.05, 0.1) is 22.6 Å². The van der Waals surface area contributed by atoms with Gasteiger partial charge in [-0.2, -0.15) is 0 Å². The average molecular weight is 335 g/mol. The fourth-order valence-corrected chi connectivity index (χ4v) is 3.34. The number of hydrogen-bond acceptors (Lipinski definition) is 3. The third kappa shape index (κ3) is 3.22. The predicted octanol–water partition coefficient (Wildman–Crippen LogP) is 4.06. The lowest BCUT2D eigenvalue weighted by Crippen LogP contribution is -2.31. The van der Waals surface area contributed by atoms with Crippen LogP contribution in [0.5, 0.6) is 0 Å². The predicted molar refractivity (Wildman–Crippen MR) is 104 cm³/mol. The number of rotatable bonds is 5. The van der Waals surface area contributed by atoms with Gasteiger partial charge in [0.25, 0.3) is 5.56 Å². The van der Waals surface area contributed by atoms with E-state index in [1.807, 2.05) is 43.3 Å². The average Bonchev–Trinajstić information content (AvgIpc) is 2.60. The summed E-state index contributed by atoms with van der Waals surface area (Å²) >= 11 is 0. The summed E-state index contributed by atoms with van der Waals surface area (Å²) in [5.41, 5.74) is 3.90. The Morgan fingerprint density at radius 1 is 1.12 bits per heavy atom. The molecule has 1 N–H and O–H groups in total. The summed E-state index contributed by atoms with van der Waals surface area (Å²) in [5, 5.41) is 4.11. The molecule has 1 heterocycles. The molecule has 4 heteroatoms. The topological polar surface area (TPSA) is 46.9 Å². The van der Waals surface area contributed by atoms with Gasteiger partial charge < -0.3 is 5.32 Å². The van der Waals surface area contributed by atoms with Crippen molar-refractivity contribution in [1.82, 2.24) is 14.9 Å². The van der Waals surface area contributed by atoms with Gasteiger partial charge >= 0.3 is 0 Å². The van der Waals surface area contributed by atoms with E-state index in [0.29, 0.717) is 5.39 Å². The van der Waals surface area contributed by atoms with E-state index >= 15 is 0 Å². The van der Waals surface area contributed by atoms with Gasteiger partial charge in [0.2, 0.25) is 0 Å². The Labute approximate surface area is 148 Å². The SMILES string of the molecule is CCN[C@@H](CC)c1nc2ccccc2c(=O)n1-c1ccc(C)cc1C. The highest BCUT2D eigenvalue weighted by Crippen LogP contribution is 2.22. The zero-order valence-corrected chi connectivity index (χ0v) is 15.3. The van der Waals surface area contributed by atoms with Crippen LogP contribution in [0.25, 0.3) is 16.6 Å². The summed E-state index contributed by atoms with van der Waals surface area (Å²) < 4.78 is 1.79. The molecule has 0 bridgehead atoms. The molecule has 3 rings (SSSR count). The van der Waals surface area contributed by atoms with Gasteiger partial charge in [-0.05, 0) is 50.6 Å². The van der Waals surface area contributed by atoms with Crippen LogP contribution >= 0.6 is 0 Å². The summed E-state index contributed by atoms with van der Waals surface area (Å²) in [7, 11) is 0. The maximum Gasteiger partial charge on any atom is 0.266 e. The maximum atomic E-state index is 13.3. The molecule has 3 aromatic rings. The number of hydrogen-bond donors (Lipinski definition) is 1. The lowest BCUT2D eigenvalue weighted by Gasteiger charge is -2.22. The molecule has 4 nitrogen and oxygen atoms in total. The Morgan fingerprint density at radius 2 is 1.88 bits per heavy atom. The molecule has 0 amide bonds. The molecular weight excluding hydrogens is 310 g/mol. The van der Waals surface area contributed by atoms with E-state index in [9.17, 15) is 4.79 Å². The maximum absolute atomic E-state index is 13.3. The van der Waals surface area contributed by atoms with Crippen LogP contribution in [0.4, 0.5) is 0 Å². The van der Waals surface area contributed by atoms with Crippen LogP contribution in [0.3, 0.4) is 0 Å². The molecule has 2 aromatic carbocycles. The molecule has 0 aliphatic carbocycles. The molecule has 1 aromatic heterocycles. The van der Waals surface area contributed by atoms with Crippen LogP contribution < -0.4 is 10.9 Å². The van der Waals surface area contributed by atoms with Gasteiger partial charge in [0.15, 0.2) is 0 Å². The van der Waals surface area contributed by atoms with E-state index in [2.05, 4.69) is 32.2 Å². The third-order valence-electron chi connectivity index (χ3n) is 4.57. The van der Waals surface area contributed by atoms with E-state index in [-0.39, 0.29) is 11.6 Å². The Bertz CT molecular complexity index is 959. The van der Waals surface area contributed by atoms with Crippen LogP contribution in [0.2, 0.25) is 0 Å². The minimum Gasteiger partial charge on any atom is -0.308 e. The summed E-state index contributed by atoms with van der Waals surface area (Å²) in [6.07, 6.45) is 0.865. The van der Waals surface area contributed by atoms with Crippen molar-refractivity contribution in [3.63, 3.8) is 0 Å². The van der Waals surface area contributed by atoms with Crippen LogP contribution in [0, 0.1) is 13.8 Å². The Hall–Kier alpha value is -2.46. The molecule has 0 saturated carbocycles. The molecule has 0 aliphatic rings. The standard InChI is InChI=1S/C21H25N3O/c1-5-17(22-6-2)20-23-18-10-8-7-9-16(18)21(25)24(20)19-12-11-14(3)13-15(19)4/h7-13,17,22H,5-6H2,1-4H3/t17-/m0/s1. The zero-order chi connectivity index (χ0) is 18.0. The van der Waals surface area contributed by atoms with Crippen molar-refractivity contribution in [2.45, 2.75) is 40.2 Å². The van der Waals surface area contributed by atoms with Crippen LogP contribution in [0.15, 0.2) is 47.3 Å². The van der Waals surface area contributed by atoms with Gasteiger partial charge in [-0.25, -0.2) is 4.98 Å². The largest absolute Gasteiger partial charge is 0.308 e. The fraction of sp³-hybridized carbons (Fsp3) is 0.333. The lowest BCUT2D eigenvalue weighted by atomic mass is 10.1. The molecule has 0 spiro atoms. The van der Waals surface area contributed by atoms with Crippen LogP contribution in [0.1, 0.15) is 43.3 Å². The minimum atomic E-state index is -0.0103. The van der Waals surface area contributed by atoms with Crippen molar-refractivity contribution in [2.75, 3.05) is 6.54 Å². The number of aromatic nitrogens is 2. The molecular formula is C21H25N3O.